The van der Waals surface area contributed by atoms with Crippen molar-refractivity contribution in [1.29, 1.82) is 0 Å². The van der Waals surface area contributed by atoms with Crippen LogP contribution in [0.4, 0.5) is 5.82 Å². The van der Waals surface area contributed by atoms with Gasteiger partial charge in [-0.2, -0.15) is 0 Å². The zero-order valence-corrected chi connectivity index (χ0v) is 12.1. The van der Waals surface area contributed by atoms with E-state index in [0.717, 1.165) is 27.8 Å². The lowest BCUT2D eigenvalue weighted by atomic mass is 10.1. The first-order valence-corrected chi connectivity index (χ1v) is 6.78. The lowest BCUT2D eigenvalue weighted by molar-refractivity contribution is 1.21. The number of aromatic nitrogens is 2. The molecular formula is C16H14ClN3. The predicted octanol–water partition coefficient (Wildman–Crippen LogP) is 4.30. The van der Waals surface area contributed by atoms with Gasteiger partial charge in [0.25, 0.3) is 0 Å². The highest BCUT2D eigenvalue weighted by Crippen LogP contribution is 2.28. The molecule has 1 heterocycles. The van der Waals surface area contributed by atoms with E-state index in [2.05, 4.69) is 28.3 Å². The lowest BCUT2D eigenvalue weighted by Crippen LogP contribution is -1.99. The summed E-state index contributed by atoms with van der Waals surface area (Å²) in [5.41, 5.74) is 3.00. The van der Waals surface area contributed by atoms with Crippen molar-refractivity contribution >= 4 is 28.3 Å². The van der Waals surface area contributed by atoms with Gasteiger partial charge in [-0.25, -0.2) is 9.97 Å². The Balaban J connectivity index is 2.28. The van der Waals surface area contributed by atoms with Crippen molar-refractivity contribution in [3.8, 4) is 11.4 Å². The van der Waals surface area contributed by atoms with Crippen LogP contribution in [0.3, 0.4) is 0 Å². The van der Waals surface area contributed by atoms with Gasteiger partial charge in [0.2, 0.25) is 0 Å². The molecule has 0 aliphatic heterocycles. The number of fused-ring (bicyclic) bond motifs is 1. The molecule has 0 bridgehead atoms. The Morgan fingerprint density at radius 1 is 1.05 bits per heavy atom. The van der Waals surface area contributed by atoms with Crippen molar-refractivity contribution in [2.45, 2.75) is 6.92 Å². The molecule has 1 N–H and O–H groups in total. The lowest BCUT2D eigenvalue weighted by Gasteiger charge is -2.10. The smallest absolute Gasteiger partial charge is 0.162 e. The second-order valence-corrected chi connectivity index (χ2v) is 5.06. The van der Waals surface area contributed by atoms with E-state index >= 15 is 0 Å². The van der Waals surface area contributed by atoms with Crippen LogP contribution >= 0.6 is 11.6 Å². The third-order valence-electron chi connectivity index (χ3n) is 3.25. The number of halogens is 1. The summed E-state index contributed by atoms with van der Waals surface area (Å²) in [7, 11) is 1.87. The van der Waals surface area contributed by atoms with Crippen LogP contribution in [0.1, 0.15) is 5.56 Å². The van der Waals surface area contributed by atoms with Crippen molar-refractivity contribution in [2.75, 3.05) is 12.4 Å². The molecule has 3 rings (SSSR count). The summed E-state index contributed by atoms with van der Waals surface area (Å²) in [6.45, 7) is 2.06. The molecule has 0 saturated heterocycles. The molecule has 0 spiro atoms. The third-order valence-corrected chi connectivity index (χ3v) is 3.49. The van der Waals surface area contributed by atoms with Gasteiger partial charge >= 0.3 is 0 Å². The molecule has 20 heavy (non-hydrogen) atoms. The van der Waals surface area contributed by atoms with Crippen LogP contribution in [0.15, 0.2) is 42.5 Å². The Morgan fingerprint density at radius 3 is 2.60 bits per heavy atom. The van der Waals surface area contributed by atoms with Crippen molar-refractivity contribution in [2.24, 2.45) is 0 Å². The molecule has 3 nitrogen and oxygen atoms in total. The fourth-order valence-electron chi connectivity index (χ4n) is 2.29. The van der Waals surface area contributed by atoms with Gasteiger partial charge in [0.1, 0.15) is 5.82 Å². The minimum absolute atomic E-state index is 0.676. The Hall–Kier alpha value is -2.13. The quantitative estimate of drug-likeness (QED) is 0.762. The maximum absolute atomic E-state index is 6.04. The molecule has 0 radical (unpaired) electrons. The maximum Gasteiger partial charge on any atom is 0.162 e. The van der Waals surface area contributed by atoms with Crippen LogP contribution in [-0.2, 0) is 0 Å². The first-order chi connectivity index (χ1) is 9.69. The molecule has 0 amide bonds. The second-order valence-electron chi connectivity index (χ2n) is 4.63. The molecule has 0 unspecified atom stereocenters. The van der Waals surface area contributed by atoms with Crippen LogP contribution in [0.25, 0.3) is 22.3 Å². The summed E-state index contributed by atoms with van der Waals surface area (Å²) in [5, 5.41) is 4.89. The summed E-state index contributed by atoms with van der Waals surface area (Å²) in [5.74, 6) is 1.51. The normalized spacial score (nSPS) is 10.8. The number of hydrogen-bond acceptors (Lipinski definition) is 3. The van der Waals surface area contributed by atoms with Crippen LogP contribution in [0, 0.1) is 6.92 Å². The SMILES string of the molecule is CNc1nc(-c2cccc(Cl)c2)nc2cccc(C)c12. The molecule has 4 heteroatoms. The monoisotopic (exact) mass is 283 g/mol. The Labute approximate surface area is 122 Å². The maximum atomic E-state index is 6.04. The van der Waals surface area contributed by atoms with Crippen LogP contribution < -0.4 is 5.32 Å². The first-order valence-electron chi connectivity index (χ1n) is 6.40. The highest BCUT2D eigenvalue weighted by atomic mass is 35.5. The average Bonchev–Trinajstić information content (AvgIpc) is 2.46. The predicted molar refractivity (Wildman–Crippen MR) is 84.3 cm³/mol. The van der Waals surface area contributed by atoms with E-state index in [4.69, 9.17) is 11.6 Å². The second kappa shape index (κ2) is 5.10. The molecule has 0 aliphatic carbocycles. The van der Waals surface area contributed by atoms with Gasteiger partial charge in [-0.1, -0.05) is 35.9 Å². The number of rotatable bonds is 2. The van der Waals surface area contributed by atoms with Crippen LogP contribution in [0.2, 0.25) is 5.02 Å². The molecule has 0 atom stereocenters. The van der Waals surface area contributed by atoms with Gasteiger partial charge in [-0.05, 0) is 30.7 Å². The van der Waals surface area contributed by atoms with Crippen LogP contribution in [-0.4, -0.2) is 17.0 Å². The zero-order chi connectivity index (χ0) is 14.1. The number of anilines is 1. The van der Waals surface area contributed by atoms with Crippen LogP contribution in [0.5, 0.6) is 0 Å². The van der Waals surface area contributed by atoms with Gasteiger partial charge in [0.15, 0.2) is 5.82 Å². The number of nitrogens with one attached hydrogen (secondary N) is 1. The standard InChI is InChI=1S/C16H14ClN3/c1-10-5-3-8-13-14(10)16(18-2)20-15(19-13)11-6-4-7-12(17)9-11/h3-9H,1-2H3,(H,18,19,20). The highest BCUT2D eigenvalue weighted by Gasteiger charge is 2.10. The number of hydrogen-bond donors (Lipinski definition) is 1. The van der Waals surface area contributed by atoms with Gasteiger partial charge in [0.05, 0.1) is 5.52 Å². The van der Waals surface area contributed by atoms with Gasteiger partial charge in [-0.3, -0.25) is 0 Å². The number of nitrogens with zero attached hydrogens (tertiary/aromatic N) is 2. The summed E-state index contributed by atoms with van der Waals surface area (Å²) in [6, 6.07) is 13.6. The summed E-state index contributed by atoms with van der Waals surface area (Å²) < 4.78 is 0. The molecule has 0 fully saturated rings. The topological polar surface area (TPSA) is 37.8 Å². The van der Waals surface area contributed by atoms with E-state index in [-0.39, 0.29) is 0 Å². The minimum Gasteiger partial charge on any atom is -0.373 e. The zero-order valence-electron chi connectivity index (χ0n) is 11.3. The number of benzene rings is 2. The van der Waals surface area contributed by atoms with E-state index in [1.807, 2.05) is 43.4 Å². The molecule has 2 aromatic carbocycles. The van der Waals surface area contributed by atoms with Crippen molar-refractivity contribution in [3.63, 3.8) is 0 Å². The largest absolute Gasteiger partial charge is 0.373 e. The van der Waals surface area contributed by atoms with E-state index in [1.165, 1.54) is 0 Å². The van der Waals surface area contributed by atoms with Gasteiger partial charge in [-0.15, -0.1) is 0 Å². The van der Waals surface area contributed by atoms with E-state index < -0.39 is 0 Å². The van der Waals surface area contributed by atoms with Crippen molar-refractivity contribution in [1.82, 2.24) is 9.97 Å². The number of aryl methyl sites for hydroxylation is 1. The summed E-state index contributed by atoms with van der Waals surface area (Å²) >= 11 is 6.04. The van der Waals surface area contributed by atoms with Crippen molar-refractivity contribution < 1.29 is 0 Å². The Kier molecular flexibility index (Phi) is 3.28. The molecular weight excluding hydrogens is 270 g/mol. The summed E-state index contributed by atoms with van der Waals surface area (Å²) in [6.07, 6.45) is 0. The van der Waals surface area contributed by atoms with Gasteiger partial charge < -0.3 is 5.32 Å². The molecule has 0 saturated carbocycles. The van der Waals surface area contributed by atoms with E-state index in [1.54, 1.807) is 0 Å². The molecule has 3 aromatic rings. The van der Waals surface area contributed by atoms with Crippen molar-refractivity contribution in [3.05, 3.63) is 53.1 Å². The minimum atomic E-state index is 0.676. The Morgan fingerprint density at radius 2 is 1.85 bits per heavy atom. The molecule has 0 aliphatic rings. The van der Waals surface area contributed by atoms with Gasteiger partial charge in [0, 0.05) is 23.0 Å². The Bertz CT molecular complexity index is 784. The molecule has 1 aromatic heterocycles. The first kappa shape index (κ1) is 12.9. The third kappa shape index (κ3) is 2.21. The fourth-order valence-corrected chi connectivity index (χ4v) is 2.48. The van der Waals surface area contributed by atoms with E-state index in [9.17, 15) is 0 Å². The fraction of sp³-hybridized carbons (Fsp3) is 0.125. The van der Waals surface area contributed by atoms with E-state index in [0.29, 0.717) is 10.8 Å². The average molecular weight is 284 g/mol. The highest BCUT2D eigenvalue weighted by molar-refractivity contribution is 6.30. The molecule has 100 valence electrons. The summed E-state index contributed by atoms with van der Waals surface area (Å²) in [4.78, 5) is 9.26.